The molecule has 0 saturated carbocycles. The highest BCUT2D eigenvalue weighted by atomic mass is 32.2. The molecule has 0 unspecified atom stereocenters. The summed E-state index contributed by atoms with van der Waals surface area (Å²) in [4.78, 5) is 4.35. The third kappa shape index (κ3) is 5.30. The fraction of sp³-hybridized carbons (Fsp3) is 0.615. The van der Waals surface area contributed by atoms with Crippen molar-refractivity contribution in [2.75, 3.05) is 24.7 Å². The van der Waals surface area contributed by atoms with Crippen molar-refractivity contribution in [2.24, 2.45) is 0 Å². The van der Waals surface area contributed by atoms with Crippen LogP contribution in [0.2, 0.25) is 0 Å². The second-order valence-corrected chi connectivity index (χ2v) is 8.37. The molecule has 1 heterocycles. The Balaban J connectivity index is 2.82. The van der Waals surface area contributed by atoms with Crippen LogP contribution in [-0.4, -0.2) is 37.5 Å². The highest BCUT2D eigenvalue weighted by Gasteiger charge is 2.21. The van der Waals surface area contributed by atoms with Gasteiger partial charge in [-0.15, -0.1) is 0 Å². The molecule has 0 saturated heterocycles. The zero-order chi connectivity index (χ0) is 15.2. The van der Waals surface area contributed by atoms with E-state index in [4.69, 9.17) is 0 Å². The van der Waals surface area contributed by atoms with Gasteiger partial charge in [-0.2, -0.15) is 11.8 Å². The fourth-order valence-corrected chi connectivity index (χ4v) is 2.88. The zero-order valence-electron chi connectivity index (χ0n) is 12.4. The van der Waals surface area contributed by atoms with Gasteiger partial charge in [0.05, 0.1) is 4.90 Å². The zero-order valence-corrected chi connectivity index (χ0v) is 14.1. The summed E-state index contributed by atoms with van der Waals surface area (Å²) in [6.07, 6.45) is 4.43. The molecule has 0 aliphatic rings. The summed E-state index contributed by atoms with van der Waals surface area (Å²) in [5, 5.41) is 3.08. The number of hydrogen-bond donors (Lipinski definition) is 2. The van der Waals surface area contributed by atoms with Crippen molar-refractivity contribution < 1.29 is 8.42 Å². The molecule has 0 aliphatic carbocycles. The predicted octanol–water partition coefficient (Wildman–Crippen LogP) is 2.32. The third-order valence-electron chi connectivity index (χ3n) is 2.84. The van der Waals surface area contributed by atoms with E-state index in [2.05, 4.69) is 15.0 Å². The highest BCUT2D eigenvalue weighted by molar-refractivity contribution is 8.00. The van der Waals surface area contributed by atoms with Crippen LogP contribution in [0.4, 0.5) is 5.82 Å². The summed E-state index contributed by atoms with van der Waals surface area (Å²) in [6, 6.07) is 3.07. The Bertz CT molecular complexity index is 530. The van der Waals surface area contributed by atoms with Crippen molar-refractivity contribution in [1.29, 1.82) is 0 Å². The van der Waals surface area contributed by atoms with Gasteiger partial charge in [0.15, 0.2) is 0 Å². The van der Waals surface area contributed by atoms with Crippen LogP contribution in [0.25, 0.3) is 0 Å². The normalized spacial score (nSPS) is 12.4. The first-order valence-corrected chi connectivity index (χ1v) is 9.26. The summed E-state index contributed by atoms with van der Waals surface area (Å²) in [5.41, 5.74) is 0. The molecule has 0 fully saturated rings. The molecule has 7 heteroatoms. The molecule has 5 nitrogen and oxygen atoms in total. The van der Waals surface area contributed by atoms with Crippen LogP contribution in [-0.2, 0) is 10.0 Å². The van der Waals surface area contributed by atoms with E-state index in [1.165, 1.54) is 12.3 Å². The number of rotatable bonds is 8. The van der Waals surface area contributed by atoms with Crippen molar-refractivity contribution in [3.63, 3.8) is 0 Å². The lowest BCUT2D eigenvalue weighted by Gasteiger charge is -2.22. The van der Waals surface area contributed by atoms with E-state index in [-0.39, 0.29) is 9.64 Å². The summed E-state index contributed by atoms with van der Waals surface area (Å²) in [5.74, 6) is 0.582. The Labute approximate surface area is 126 Å². The van der Waals surface area contributed by atoms with Gasteiger partial charge >= 0.3 is 0 Å². The van der Waals surface area contributed by atoms with Crippen LogP contribution >= 0.6 is 11.8 Å². The van der Waals surface area contributed by atoms with Gasteiger partial charge in [-0.3, -0.25) is 0 Å². The lowest BCUT2D eigenvalue weighted by atomic mass is 10.2. The second-order valence-electron chi connectivity index (χ2n) is 5.09. The summed E-state index contributed by atoms with van der Waals surface area (Å²) in [6.45, 7) is 7.20. The van der Waals surface area contributed by atoms with Gasteiger partial charge in [-0.1, -0.05) is 6.92 Å². The SMILES string of the molecule is CCCNc1cc(S(=O)(=O)NCC(C)(C)SC)ccn1. The molecule has 0 spiro atoms. The van der Waals surface area contributed by atoms with E-state index in [1.807, 2.05) is 27.0 Å². The van der Waals surface area contributed by atoms with Crippen LogP contribution in [0.5, 0.6) is 0 Å². The van der Waals surface area contributed by atoms with Gasteiger partial charge in [-0.05, 0) is 32.6 Å². The maximum Gasteiger partial charge on any atom is 0.240 e. The molecule has 0 aliphatic heterocycles. The summed E-state index contributed by atoms with van der Waals surface area (Å²) in [7, 11) is -3.49. The molecule has 1 aromatic rings. The quantitative estimate of drug-likeness (QED) is 0.770. The number of aromatic nitrogens is 1. The number of sulfonamides is 1. The maximum absolute atomic E-state index is 12.2. The molecule has 0 amide bonds. The molecular formula is C13H23N3O2S2. The van der Waals surface area contributed by atoms with E-state index in [0.29, 0.717) is 12.4 Å². The van der Waals surface area contributed by atoms with Gasteiger partial charge in [0.2, 0.25) is 10.0 Å². The van der Waals surface area contributed by atoms with Crippen LogP contribution < -0.4 is 10.0 Å². The first kappa shape index (κ1) is 17.3. The molecule has 0 bridgehead atoms. The van der Waals surface area contributed by atoms with Crippen molar-refractivity contribution in [2.45, 2.75) is 36.8 Å². The molecule has 20 heavy (non-hydrogen) atoms. The van der Waals surface area contributed by atoms with Crippen molar-refractivity contribution in [3.8, 4) is 0 Å². The standard InChI is InChI=1S/C13H23N3O2S2/c1-5-7-14-12-9-11(6-8-15-12)20(17,18)16-10-13(2,3)19-4/h6,8-9,16H,5,7,10H2,1-4H3,(H,14,15). The van der Waals surface area contributed by atoms with Crippen molar-refractivity contribution >= 4 is 27.6 Å². The lowest BCUT2D eigenvalue weighted by Crippen LogP contribution is -2.36. The highest BCUT2D eigenvalue weighted by Crippen LogP contribution is 2.21. The molecular weight excluding hydrogens is 294 g/mol. The average Bonchev–Trinajstić information content (AvgIpc) is 2.43. The van der Waals surface area contributed by atoms with Gasteiger partial charge < -0.3 is 5.32 Å². The molecule has 2 N–H and O–H groups in total. The molecule has 1 rings (SSSR count). The Kier molecular flexibility index (Phi) is 6.29. The first-order chi connectivity index (χ1) is 9.30. The Morgan fingerprint density at radius 2 is 2.10 bits per heavy atom. The minimum atomic E-state index is -3.49. The van der Waals surface area contributed by atoms with Gasteiger partial charge in [-0.25, -0.2) is 18.1 Å². The monoisotopic (exact) mass is 317 g/mol. The number of nitrogens with one attached hydrogen (secondary N) is 2. The Morgan fingerprint density at radius 3 is 2.70 bits per heavy atom. The molecule has 0 aromatic carbocycles. The summed E-state index contributed by atoms with van der Waals surface area (Å²) < 4.78 is 27.0. The van der Waals surface area contributed by atoms with E-state index in [1.54, 1.807) is 17.8 Å². The average molecular weight is 317 g/mol. The van der Waals surface area contributed by atoms with Crippen LogP contribution in [0.1, 0.15) is 27.2 Å². The number of thioether (sulfide) groups is 1. The lowest BCUT2D eigenvalue weighted by molar-refractivity contribution is 0.570. The van der Waals surface area contributed by atoms with Crippen LogP contribution in [0, 0.1) is 0 Å². The number of nitrogens with zero attached hydrogens (tertiary/aromatic N) is 1. The minimum Gasteiger partial charge on any atom is -0.370 e. The maximum atomic E-state index is 12.2. The van der Waals surface area contributed by atoms with Gasteiger partial charge in [0.25, 0.3) is 0 Å². The van der Waals surface area contributed by atoms with Crippen molar-refractivity contribution in [1.82, 2.24) is 9.71 Å². The van der Waals surface area contributed by atoms with Crippen LogP contribution in [0.15, 0.2) is 23.2 Å². The van der Waals surface area contributed by atoms with Gasteiger partial charge in [0, 0.05) is 30.1 Å². The number of pyridine rings is 1. The molecule has 114 valence electrons. The summed E-state index contributed by atoms with van der Waals surface area (Å²) >= 11 is 1.63. The van der Waals surface area contributed by atoms with Crippen molar-refractivity contribution in [3.05, 3.63) is 18.3 Å². The first-order valence-electron chi connectivity index (χ1n) is 6.55. The minimum absolute atomic E-state index is 0.136. The smallest absolute Gasteiger partial charge is 0.240 e. The van der Waals surface area contributed by atoms with E-state index < -0.39 is 10.0 Å². The van der Waals surface area contributed by atoms with E-state index in [9.17, 15) is 8.42 Å². The molecule has 1 aromatic heterocycles. The topological polar surface area (TPSA) is 71.1 Å². The second kappa shape index (κ2) is 7.28. The predicted molar refractivity (Wildman–Crippen MR) is 85.8 cm³/mol. The Morgan fingerprint density at radius 1 is 1.40 bits per heavy atom. The fourth-order valence-electron chi connectivity index (χ4n) is 1.35. The molecule has 0 radical (unpaired) electrons. The number of anilines is 1. The van der Waals surface area contributed by atoms with Crippen LogP contribution in [0.3, 0.4) is 0 Å². The number of hydrogen-bond acceptors (Lipinski definition) is 5. The van der Waals surface area contributed by atoms with E-state index in [0.717, 1.165) is 13.0 Å². The Hall–Kier alpha value is -0.790. The van der Waals surface area contributed by atoms with E-state index >= 15 is 0 Å². The largest absolute Gasteiger partial charge is 0.370 e. The molecule has 0 atom stereocenters. The third-order valence-corrected chi connectivity index (χ3v) is 5.49. The van der Waals surface area contributed by atoms with Gasteiger partial charge in [0.1, 0.15) is 5.82 Å².